The van der Waals surface area contributed by atoms with Gasteiger partial charge in [0.1, 0.15) is 11.5 Å². The molecule has 0 bridgehead atoms. The van der Waals surface area contributed by atoms with E-state index in [1.165, 1.54) is 63.4 Å². The van der Waals surface area contributed by atoms with Crippen molar-refractivity contribution < 1.29 is 38.9 Å². The third-order valence-corrected chi connectivity index (χ3v) is 8.47. The summed E-state index contributed by atoms with van der Waals surface area (Å²) in [6, 6.07) is 7.22. The van der Waals surface area contributed by atoms with E-state index in [0.29, 0.717) is 34.3 Å². The van der Waals surface area contributed by atoms with Crippen molar-refractivity contribution >= 4 is 34.6 Å². The molecule has 0 aromatic heterocycles. The maximum atomic E-state index is 12.9. The van der Waals surface area contributed by atoms with Crippen molar-refractivity contribution in [2.45, 2.75) is 143 Å². The molecule has 0 fully saturated rings. The van der Waals surface area contributed by atoms with Gasteiger partial charge in [-0.05, 0) is 57.4 Å². The van der Waals surface area contributed by atoms with Gasteiger partial charge in [-0.1, -0.05) is 108 Å². The van der Waals surface area contributed by atoms with E-state index in [1.807, 2.05) is 19.1 Å². The number of hydrogen-bond acceptors (Lipinski definition) is 6. The number of carbonyl (C=O) groups is 4. The summed E-state index contributed by atoms with van der Waals surface area (Å²) >= 11 is 0. The number of carbonyl (C=O) groups excluding carboxylic acids is 2. The Morgan fingerprint density at radius 3 is 1.64 bits per heavy atom. The minimum atomic E-state index is -0.971. The van der Waals surface area contributed by atoms with Gasteiger partial charge in [-0.25, -0.2) is 0 Å². The molecular weight excluding hydrogens is 596 g/mol. The minimum Gasteiger partial charge on any atom is -0.481 e. The van der Waals surface area contributed by atoms with Crippen LogP contribution in [-0.2, 0) is 25.6 Å². The summed E-state index contributed by atoms with van der Waals surface area (Å²) in [7, 11) is 0. The summed E-state index contributed by atoms with van der Waals surface area (Å²) in [4.78, 5) is 47.5. The van der Waals surface area contributed by atoms with Crippen LogP contribution in [0.4, 0.5) is 0 Å². The number of aliphatic carboxylic acids is 2. The van der Waals surface area contributed by atoms with Gasteiger partial charge < -0.3 is 19.7 Å². The second-order valence-electron chi connectivity index (χ2n) is 13.1. The first-order valence-electron chi connectivity index (χ1n) is 17.5. The Kier molecular flexibility index (Phi) is 18.5. The van der Waals surface area contributed by atoms with Crippen LogP contribution in [0.3, 0.4) is 0 Å². The van der Waals surface area contributed by atoms with Crippen LogP contribution in [0.2, 0.25) is 0 Å². The number of carboxylic acids is 2. The van der Waals surface area contributed by atoms with Crippen LogP contribution in [0.5, 0.6) is 11.5 Å². The fourth-order valence-corrected chi connectivity index (χ4v) is 5.71. The molecule has 0 saturated heterocycles. The Labute approximate surface area is 280 Å². The number of carboxylic acid groups (broad SMARTS) is 2. The number of hydrogen-bond donors (Lipinski definition) is 2. The molecule has 2 aromatic rings. The van der Waals surface area contributed by atoms with Gasteiger partial charge in [0.15, 0.2) is 0 Å². The highest BCUT2D eigenvalue weighted by atomic mass is 16.5. The molecule has 0 amide bonds. The second kappa shape index (κ2) is 22.0. The summed E-state index contributed by atoms with van der Waals surface area (Å²) in [5.41, 5.74) is 2.61. The Morgan fingerprint density at radius 1 is 0.660 bits per heavy atom. The van der Waals surface area contributed by atoms with Crippen molar-refractivity contribution in [2.75, 3.05) is 0 Å². The number of benzene rings is 2. The monoisotopic (exact) mass is 652 g/mol. The first-order valence-corrected chi connectivity index (χ1v) is 17.5. The molecule has 0 spiro atoms. The maximum Gasteiger partial charge on any atom is 0.311 e. The predicted molar refractivity (Wildman–Crippen MR) is 186 cm³/mol. The lowest BCUT2D eigenvalue weighted by Crippen LogP contribution is -2.14. The fourth-order valence-electron chi connectivity index (χ4n) is 5.71. The van der Waals surface area contributed by atoms with E-state index in [2.05, 4.69) is 26.8 Å². The molecule has 8 heteroatoms. The third-order valence-electron chi connectivity index (χ3n) is 8.47. The lowest BCUT2D eigenvalue weighted by atomic mass is 9.95. The van der Waals surface area contributed by atoms with Crippen molar-refractivity contribution in [2.24, 2.45) is 5.92 Å². The average Bonchev–Trinajstić information content (AvgIpc) is 3.01. The Morgan fingerprint density at radius 2 is 1.13 bits per heavy atom. The smallest absolute Gasteiger partial charge is 0.311 e. The summed E-state index contributed by atoms with van der Waals surface area (Å²) in [6.45, 7) is 8.51. The van der Waals surface area contributed by atoms with Crippen molar-refractivity contribution in [1.82, 2.24) is 0 Å². The number of esters is 2. The molecule has 0 heterocycles. The number of ether oxygens (including phenoxy) is 2. The molecular formula is C39H56O8. The van der Waals surface area contributed by atoms with Crippen molar-refractivity contribution in [3.05, 3.63) is 47.0 Å². The predicted octanol–water partition coefficient (Wildman–Crippen LogP) is 9.90. The van der Waals surface area contributed by atoms with Gasteiger partial charge in [-0.15, -0.1) is 0 Å². The Hall–Kier alpha value is -3.68. The summed E-state index contributed by atoms with van der Waals surface area (Å²) < 4.78 is 11.7. The summed E-state index contributed by atoms with van der Waals surface area (Å²) in [5.74, 6) is -1.43. The zero-order valence-corrected chi connectivity index (χ0v) is 29.0. The normalized spacial score (nSPS) is 11.6. The van der Waals surface area contributed by atoms with E-state index >= 15 is 0 Å². The van der Waals surface area contributed by atoms with Crippen LogP contribution in [-0.4, -0.2) is 34.1 Å². The quantitative estimate of drug-likeness (QED) is 0.0496. The zero-order valence-electron chi connectivity index (χ0n) is 29.0. The fraction of sp³-hybridized carbons (Fsp3) is 0.590. The van der Waals surface area contributed by atoms with E-state index in [0.717, 1.165) is 24.3 Å². The van der Waals surface area contributed by atoms with E-state index in [4.69, 9.17) is 19.7 Å². The van der Waals surface area contributed by atoms with Gasteiger partial charge in [0.2, 0.25) is 0 Å². The third kappa shape index (κ3) is 15.6. The van der Waals surface area contributed by atoms with E-state index in [9.17, 15) is 19.2 Å². The molecule has 0 saturated carbocycles. The minimum absolute atomic E-state index is 0.0347. The highest BCUT2D eigenvalue weighted by molar-refractivity contribution is 5.98. The van der Waals surface area contributed by atoms with E-state index < -0.39 is 23.9 Å². The van der Waals surface area contributed by atoms with Crippen molar-refractivity contribution in [3.8, 4) is 11.5 Å². The van der Waals surface area contributed by atoms with Crippen LogP contribution in [0.15, 0.2) is 35.9 Å². The molecule has 2 rings (SSSR count). The van der Waals surface area contributed by atoms with Crippen LogP contribution in [0.1, 0.15) is 141 Å². The van der Waals surface area contributed by atoms with E-state index in [-0.39, 0.29) is 38.5 Å². The zero-order chi connectivity index (χ0) is 34.6. The largest absolute Gasteiger partial charge is 0.481 e. The molecule has 0 aliphatic heterocycles. The molecule has 0 aliphatic carbocycles. The van der Waals surface area contributed by atoms with Gasteiger partial charge in [0, 0.05) is 42.0 Å². The van der Waals surface area contributed by atoms with Gasteiger partial charge in [0.05, 0.1) is 0 Å². The maximum absolute atomic E-state index is 12.9. The Balaban J connectivity index is 2.14. The van der Waals surface area contributed by atoms with Crippen molar-refractivity contribution in [3.63, 3.8) is 0 Å². The van der Waals surface area contributed by atoms with Gasteiger partial charge in [-0.2, -0.15) is 0 Å². The molecule has 2 N–H and O–H groups in total. The van der Waals surface area contributed by atoms with Gasteiger partial charge >= 0.3 is 23.9 Å². The lowest BCUT2D eigenvalue weighted by Gasteiger charge is -2.19. The molecule has 260 valence electrons. The number of unbranched alkanes of at least 4 members (excludes halogenated alkanes) is 8. The highest BCUT2D eigenvalue weighted by Gasteiger charge is 2.22. The lowest BCUT2D eigenvalue weighted by molar-refractivity contribution is -0.139. The molecule has 8 nitrogen and oxygen atoms in total. The highest BCUT2D eigenvalue weighted by Crippen LogP contribution is 2.41. The van der Waals surface area contributed by atoms with Crippen LogP contribution in [0.25, 0.3) is 10.8 Å². The summed E-state index contributed by atoms with van der Waals surface area (Å²) in [5, 5.41) is 19.1. The number of fused-ring (bicyclic) bond motifs is 1. The van der Waals surface area contributed by atoms with Crippen LogP contribution < -0.4 is 9.47 Å². The SMILES string of the molecule is C/C(=C\Cc1c(C)c(OC(=O)CCCC(=O)O)c2ccccc2c1OC(=O)CCCC(=O)O)CCCCCCCCCCCC(C)C. The number of rotatable bonds is 24. The molecule has 0 unspecified atom stereocenters. The standard InChI is InChI=1S/C39H56O8/c1-28(2)18-12-10-8-6-5-7-9-11-13-19-29(3)26-27-31-30(4)38(46-36(44)24-16-22-34(40)41)32-20-14-15-21-33(32)39(31)47-37(45)25-17-23-35(42)43/h14-15,20-21,26,28H,5-13,16-19,22-25,27H2,1-4H3,(H,40,41)(H,42,43)/b29-26+. The summed E-state index contributed by atoms with van der Waals surface area (Å²) in [6.07, 6.45) is 16.4. The Bertz CT molecular complexity index is 1340. The molecule has 0 radical (unpaired) electrons. The topological polar surface area (TPSA) is 127 Å². The van der Waals surface area contributed by atoms with Gasteiger partial charge in [-0.3, -0.25) is 19.2 Å². The number of allylic oxidation sites excluding steroid dienone is 2. The van der Waals surface area contributed by atoms with Gasteiger partial charge in [0.25, 0.3) is 0 Å². The molecule has 0 atom stereocenters. The molecule has 0 aliphatic rings. The molecule has 2 aromatic carbocycles. The van der Waals surface area contributed by atoms with Crippen molar-refractivity contribution in [1.29, 1.82) is 0 Å². The first-order chi connectivity index (χ1) is 22.5. The first kappa shape index (κ1) is 39.5. The molecule has 47 heavy (non-hydrogen) atoms. The van der Waals surface area contributed by atoms with Crippen LogP contribution in [0, 0.1) is 12.8 Å². The average molecular weight is 653 g/mol. The van der Waals surface area contributed by atoms with Crippen LogP contribution >= 0.6 is 0 Å². The second-order valence-corrected chi connectivity index (χ2v) is 13.1. The van der Waals surface area contributed by atoms with E-state index in [1.54, 1.807) is 12.1 Å².